The molecule has 3 nitrogen and oxygen atoms in total. The van der Waals surface area contributed by atoms with Gasteiger partial charge in [0.25, 0.3) is 0 Å². The molecule has 1 atom stereocenters. The third kappa shape index (κ3) is 3.69. The molecule has 0 spiro atoms. The molecule has 1 unspecified atom stereocenters. The fourth-order valence-corrected chi connectivity index (χ4v) is 2.42. The first-order valence-electron chi connectivity index (χ1n) is 5.92. The predicted molar refractivity (Wildman–Crippen MR) is 71.1 cm³/mol. The largest absolute Gasteiger partial charge is 0.496 e. The summed E-state index contributed by atoms with van der Waals surface area (Å²) in [6.45, 7) is 1.45. The molecule has 0 radical (unpaired) electrons. The zero-order chi connectivity index (χ0) is 12.3. The van der Waals surface area contributed by atoms with Crippen LogP contribution in [0.3, 0.4) is 0 Å². The van der Waals surface area contributed by atoms with Crippen LogP contribution >= 0.6 is 15.9 Å². The summed E-state index contributed by atoms with van der Waals surface area (Å²) in [7, 11) is 1.66. The van der Waals surface area contributed by atoms with Crippen LogP contribution in [0.25, 0.3) is 0 Å². The summed E-state index contributed by atoms with van der Waals surface area (Å²) < 4.78 is 6.14. The van der Waals surface area contributed by atoms with Gasteiger partial charge in [-0.25, -0.2) is 0 Å². The molecule has 1 aliphatic carbocycles. The van der Waals surface area contributed by atoms with Gasteiger partial charge in [0.15, 0.2) is 0 Å². The van der Waals surface area contributed by atoms with Gasteiger partial charge in [0.05, 0.1) is 17.7 Å². The lowest BCUT2D eigenvalue weighted by Gasteiger charge is -2.11. The van der Waals surface area contributed by atoms with E-state index in [1.165, 1.54) is 18.4 Å². The quantitative estimate of drug-likeness (QED) is 0.847. The lowest BCUT2D eigenvalue weighted by atomic mass is 10.2. The van der Waals surface area contributed by atoms with Gasteiger partial charge in [-0.1, -0.05) is 6.07 Å². The summed E-state index contributed by atoms with van der Waals surface area (Å²) in [5.41, 5.74) is 1.18. The minimum Gasteiger partial charge on any atom is -0.496 e. The van der Waals surface area contributed by atoms with E-state index in [9.17, 15) is 5.11 Å². The van der Waals surface area contributed by atoms with Crippen LogP contribution in [-0.4, -0.2) is 24.9 Å². The number of nitrogens with one attached hydrogen (secondary N) is 1. The van der Waals surface area contributed by atoms with Crippen molar-refractivity contribution in [1.29, 1.82) is 0 Å². The maximum atomic E-state index is 9.71. The molecule has 4 heteroatoms. The molecule has 0 bridgehead atoms. The van der Waals surface area contributed by atoms with Gasteiger partial charge in [-0.3, -0.25) is 0 Å². The number of ether oxygens (including phenoxy) is 1. The Bertz CT molecular complexity index is 380. The molecule has 94 valence electrons. The minimum atomic E-state index is -0.184. The Balaban J connectivity index is 1.80. The predicted octanol–water partition coefficient (Wildman–Crippen LogP) is 2.32. The maximum absolute atomic E-state index is 9.71. The highest BCUT2D eigenvalue weighted by molar-refractivity contribution is 9.10. The van der Waals surface area contributed by atoms with E-state index in [2.05, 4.69) is 21.2 Å². The van der Waals surface area contributed by atoms with E-state index in [1.807, 2.05) is 18.2 Å². The number of aliphatic hydroxyl groups excluding tert-OH is 1. The number of hydrogen-bond donors (Lipinski definition) is 2. The van der Waals surface area contributed by atoms with Crippen molar-refractivity contribution >= 4 is 15.9 Å². The van der Waals surface area contributed by atoms with Gasteiger partial charge in [-0.15, -0.1) is 0 Å². The van der Waals surface area contributed by atoms with Crippen LogP contribution in [0.4, 0.5) is 0 Å². The van der Waals surface area contributed by atoms with Gasteiger partial charge in [0.1, 0.15) is 5.75 Å². The summed E-state index contributed by atoms with van der Waals surface area (Å²) in [4.78, 5) is 0. The third-order valence-corrected chi connectivity index (χ3v) is 3.68. The maximum Gasteiger partial charge on any atom is 0.133 e. The fraction of sp³-hybridized carbons (Fsp3) is 0.538. The SMILES string of the molecule is COc1ccc(CNCC(O)C2CC2)cc1Br. The van der Waals surface area contributed by atoms with Crippen molar-refractivity contribution in [3.63, 3.8) is 0 Å². The molecule has 1 fully saturated rings. The van der Waals surface area contributed by atoms with E-state index in [0.717, 1.165) is 16.8 Å². The van der Waals surface area contributed by atoms with Crippen LogP contribution in [-0.2, 0) is 6.54 Å². The highest BCUT2D eigenvalue weighted by atomic mass is 79.9. The highest BCUT2D eigenvalue weighted by Crippen LogP contribution is 2.32. The Morgan fingerprint density at radius 1 is 1.53 bits per heavy atom. The number of methoxy groups -OCH3 is 1. The first-order valence-corrected chi connectivity index (χ1v) is 6.71. The molecule has 0 heterocycles. The molecular formula is C13H18BrNO2. The van der Waals surface area contributed by atoms with Gasteiger partial charge in [0, 0.05) is 13.1 Å². The number of benzene rings is 1. The molecule has 17 heavy (non-hydrogen) atoms. The molecule has 0 amide bonds. The van der Waals surface area contributed by atoms with Gasteiger partial charge < -0.3 is 15.2 Å². The molecule has 2 rings (SSSR count). The second-order valence-electron chi connectivity index (χ2n) is 4.50. The normalized spacial score (nSPS) is 16.9. The fourth-order valence-electron chi connectivity index (χ4n) is 1.83. The molecule has 0 aromatic heterocycles. The van der Waals surface area contributed by atoms with Crippen molar-refractivity contribution in [3.8, 4) is 5.75 Å². The molecule has 1 saturated carbocycles. The van der Waals surface area contributed by atoms with E-state index in [1.54, 1.807) is 7.11 Å². The van der Waals surface area contributed by atoms with E-state index < -0.39 is 0 Å². The van der Waals surface area contributed by atoms with Crippen LogP contribution in [0, 0.1) is 5.92 Å². The molecule has 1 aliphatic rings. The Morgan fingerprint density at radius 2 is 2.29 bits per heavy atom. The molecule has 1 aromatic carbocycles. The molecular weight excluding hydrogens is 282 g/mol. The van der Waals surface area contributed by atoms with E-state index in [-0.39, 0.29) is 6.10 Å². The number of aliphatic hydroxyl groups is 1. The van der Waals surface area contributed by atoms with E-state index in [0.29, 0.717) is 12.5 Å². The zero-order valence-electron chi connectivity index (χ0n) is 9.95. The van der Waals surface area contributed by atoms with E-state index >= 15 is 0 Å². The van der Waals surface area contributed by atoms with Gasteiger partial charge in [-0.05, 0) is 52.4 Å². The topological polar surface area (TPSA) is 41.5 Å². The summed E-state index contributed by atoms with van der Waals surface area (Å²) in [5, 5.41) is 13.0. The Morgan fingerprint density at radius 3 is 2.88 bits per heavy atom. The number of hydrogen-bond acceptors (Lipinski definition) is 3. The smallest absolute Gasteiger partial charge is 0.133 e. The summed E-state index contributed by atoms with van der Waals surface area (Å²) in [6.07, 6.45) is 2.17. The lowest BCUT2D eigenvalue weighted by molar-refractivity contribution is 0.148. The summed E-state index contributed by atoms with van der Waals surface area (Å²) in [5.74, 6) is 1.37. The monoisotopic (exact) mass is 299 g/mol. The standard InChI is InChI=1S/C13H18BrNO2/c1-17-13-5-2-9(6-11(13)14)7-15-8-12(16)10-3-4-10/h2,5-6,10,12,15-16H,3-4,7-8H2,1H3. The zero-order valence-corrected chi connectivity index (χ0v) is 11.5. The average Bonchev–Trinajstić information content (AvgIpc) is 3.13. The second-order valence-corrected chi connectivity index (χ2v) is 5.36. The number of rotatable bonds is 6. The second kappa shape index (κ2) is 5.85. The first kappa shape index (κ1) is 12.9. The first-order chi connectivity index (χ1) is 8.20. The van der Waals surface area contributed by atoms with Gasteiger partial charge >= 0.3 is 0 Å². The highest BCUT2D eigenvalue weighted by Gasteiger charge is 2.28. The van der Waals surface area contributed by atoms with Crippen molar-refractivity contribution in [3.05, 3.63) is 28.2 Å². The third-order valence-electron chi connectivity index (χ3n) is 3.06. The van der Waals surface area contributed by atoms with Crippen LogP contribution in [0.5, 0.6) is 5.75 Å². The van der Waals surface area contributed by atoms with Crippen LogP contribution in [0.2, 0.25) is 0 Å². The van der Waals surface area contributed by atoms with Crippen molar-refractivity contribution in [2.75, 3.05) is 13.7 Å². The lowest BCUT2D eigenvalue weighted by Crippen LogP contribution is -2.27. The minimum absolute atomic E-state index is 0.184. The van der Waals surface area contributed by atoms with Crippen LogP contribution < -0.4 is 10.1 Å². The van der Waals surface area contributed by atoms with Crippen molar-refractivity contribution < 1.29 is 9.84 Å². The summed E-state index contributed by atoms with van der Waals surface area (Å²) >= 11 is 3.46. The van der Waals surface area contributed by atoms with Crippen LogP contribution in [0.1, 0.15) is 18.4 Å². The van der Waals surface area contributed by atoms with Crippen molar-refractivity contribution in [2.24, 2.45) is 5.92 Å². The summed E-state index contributed by atoms with van der Waals surface area (Å²) in [6, 6.07) is 6.01. The van der Waals surface area contributed by atoms with Crippen molar-refractivity contribution in [1.82, 2.24) is 5.32 Å². The molecule has 1 aromatic rings. The molecule has 0 aliphatic heterocycles. The molecule has 2 N–H and O–H groups in total. The van der Waals surface area contributed by atoms with E-state index in [4.69, 9.17) is 4.74 Å². The number of halogens is 1. The Hall–Kier alpha value is -0.580. The molecule has 0 saturated heterocycles. The Labute approximate surface area is 110 Å². The average molecular weight is 300 g/mol. The Kier molecular flexibility index (Phi) is 4.42. The van der Waals surface area contributed by atoms with Crippen molar-refractivity contribution in [2.45, 2.75) is 25.5 Å². The van der Waals surface area contributed by atoms with Crippen LogP contribution in [0.15, 0.2) is 22.7 Å². The van der Waals surface area contributed by atoms with Gasteiger partial charge in [0.2, 0.25) is 0 Å². The van der Waals surface area contributed by atoms with Gasteiger partial charge in [-0.2, -0.15) is 0 Å².